The summed E-state index contributed by atoms with van der Waals surface area (Å²) in [6.45, 7) is 9.05. The molecule has 0 aliphatic rings. The molecule has 98 valence electrons. The summed E-state index contributed by atoms with van der Waals surface area (Å²) in [5, 5.41) is 3.46. The van der Waals surface area contributed by atoms with Gasteiger partial charge in [0.15, 0.2) is 0 Å². The molecule has 0 aliphatic carbocycles. The van der Waals surface area contributed by atoms with Gasteiger partial charge in [0.2, 0.25) is 0 Å². The number of unbranched alkanes of at least 4 members (excludes halogenated alkanes) is 3. The van der Waals surface area contributed by atoms with Gasteiger partial charge in [-0.05, 0) is 64.3 Å². The van der Waals surface area contributed by atoms with Crippen LogP contribution in [0.4, 0.5) is 0 Å². The summed E-state index contributed by atoms with van der Waals surface area (Å²) < 4.78 is 0. The van der Waals surface area contributed by atoms with Crippen molar-refractivity contribution in [2.75, 3.05) is 13.1 Å². The fraction of sp³-hybridized carbons (Fsp3) is 0.733. The Kier molecular flexibility index (Phi) is 7.54. The minimum Gasteiger partial charge on any atom is -0.317 e. The van der Waals surface area contributed by atoms with Gasteiger partial charge in [0.1, 0.15) is 0 Å². The van der Waals surface area contributed by atoms with Crippen LogP contribution in [0.1, 0.15) is 54.3 Å². The molecule has 1 heterocycles. The van der Waals surface area contributed by atoms with Crippen molar-refractivity contribution in [3.05, 3.63) is 21.4 Å². The van der Waals surface area contributed by atoms with Gasteiger partial charge in [-0.2, -0.15) is 0 Å². The van der Waals surface area contributed by atoms with Gasteiger partial charge in [-0.15, -0.1) is 11.3 Å². The van der Waals surface area contributed by atoms with E-state index in [1.54, 1.807) is 4.88 Å². The van der Waals surface area contributed by atoms with Gasteiger partial charge < -0.3 is 5.32 Å². The summed E-state index contributed by atoms with van der Waals surface area (Å²) in [7, 11) is 0. The first-order valence-corrected chi connectivity index (χ1v) is 7.82. The number of hydrogen-bond acceptors (Lipinski definition) is 2. The normalized spacial score (nSPS) is 11.0. The summed E-state index contributed by atoms with van der Waals surface area (Å²) in [5.41, 5.74) is 1.50. The van der Waals surface area contributed by atoms with Crippen LogP contribution in [-0.2, 0) is 6.42 Å². The second kappa shape index (κ2) is 8.71. The molecule has 1 nitrogen and oxygen atoms in total. The predicted molar refractivity (Wildman–Crippen MR) is 79.1 cm³/mol. The van der Waals surface area contributed by atoms with Gasteiger partial charge in [-0.3, -0.25) is 0 Å². The average molecular weight is 253 g/mol. The van der Waals surface area contributed by atoms with Crippen LogP contribution in [0, 0.1) is 13.8 Å². The zero-order chi connectivity index (χ0) is 12.5. The van der Waals surface area contributed by atoms with Crippen molar-refractivity contribution in [3.8, 4) is 0 Å². The highest BCUT2D eigenvalue weighted by atomic mass is 32.1. The molecule has 0 aliphatic heterocycles. The Bertz CT molecular complexity index is 304. The van der Waals surface area contributed by atoms with Crippen molar-refractivity contribution in [3.63, 3.8) is 0 Å². The van der Waals surface area contributed by atoms with Crippen molar-refractivity contribution in [2.45, 2.75) is 59.3 Å². The molecule has 0 aromatic carbocycles. The summed E-state index contributed by atoms with van der Waals surface area (Å²) in [6.07, 6.45) is 7.98. The van der Waals surface area contributed by atoms with Crippen LogP contribution in [0.2, 0.25) is 0 Å². The lowest BCUT2D eigenvalue weighted by atomic mass is 10.1. The number of hydrogen-bond donors (Lipinski definition) is 1. The van der Waals surface area contributed by atoms with E-state index in [1.807, 2.05) is 11.3 Å². The molecule has 1 aromatic rings. The highest BCUT2D eigenvalue weighted by Gasteiger charge is 2.02. The SMILES string of the molecule is CCCNCCCCCCc1sc(C)cc1C. The van der Waals surface area contributed by atoms with Crippen LogP contribution in [0.25, 0.3) is 0 Å². The first-order valence-electron chi connectivity index (χ1n) is 7.00. The lowest BCUT2D eigenvalue weighted by molar-refractivity contribution is 0.585. The maximum absolute atomic E-state index is 3.46. The molecule has 17 heavy (non-hydrogen) atoms. The second-order valence-corrected chi connectivity index (χ2v) is 6.22. The van der Waals surface area contributed by atoms with Crippen molar-refractivity contribution in [1.82, 2.24) is 5.32 Å². The van der Waals surface area contributed by atoms with Gasteiger partial charge in [0, 0.05) is 9.75 Å². The van der Waals surface area contributed by atoms with Crippen molar-refractivity contribution >= 4 is 11.3 Å². The molecule has 0 radical (unpaired) electrons. The van der Waals surface area contributed by atoms with Gasteiger partial charge in [-0.25, -0.2) is 0 Å². The van der Waals surface area contributed by atoms with Crippen LogP contribution in [0.3, 0.4) is 0 Å². The van der Waals surface area contributed by atoms with Crippen molar-refractivity contribution in [2.24, 2.45) is 0 Å². The molecule has 0 fully saturated rings. The summed E-state index contributed by atoms with van der Waals surface area (Å²) in [5.74, 6) is 0. The van der Waals surface area contributed by atoms with E-state index in [1.165, 1.54) is 62.1 Å². The van der Waals surface area contributed by atoms with E-state index in [9.17, 15) is 0 Å². The first kappa shape index (κ1) is 14.7. The molecule has 1 aromatic heterocycles. The third-order valence-corrected chi connectivity index (χ3v) is 4.29. The molecular weight excluding hydrogens is 226 g/mol. The number of rotatable bonds is 9. The Labute approximate surface area is 111 Å². The second-order valence-electron chi connectivity index (χ2n) is 4.88. The quantitative estimate of drug-likeness (QED) is 0.640. The monoisotopic (exact) mass is 253 g/mol. The Morgan fingerprint density at radius 2 is 1.82 bits per heavy atom. The molecule has 0 spiro atoms. The molecule has 0 unspecified atom stereocenters. The Morgan fingerprint density at radius 1 is 1.06 bits per heavy atom. The standard InChI is InChI=1S/C15H27NS/c1-4-10-16-11-8-6-5-7-9-15-13(2)12-14(3)17-15/h12,16H,4-11H2,1-3H3. The van der Waals surface area contributed by atoms with E-state index in [0.29, 0.717) is 0 Å². The van der Waals surface area contributed by atoms with Crippen molar-refractivity contribution < 1.29 is 0 Å². The lowest BCUT2D eigenvalue weighted by Crippen LogP contribution is -2.15. The number of aryl methyl sites for hydroxylation is 3. The Hall–Kier alpha value is -0.340. The average Bonchev–Trinajstić information content (AvgIpc) is 2.61. The van der Waals surface area contributed by atoms with Crippen LogP contribution in [-0.4, -0.2) is 13.1 Å². The molecule has 0 bridgehead atoms. The smallest absolute Gasteiger partial charge is 0.00772 e. The molecule has 0 saturated heterocycles. The first-order chi connectivity index (χ1) is 8.24. The zero-order valence-electron chi connectivity index (χ0n) is 11.6. The highest BCUT2D eigenvalue weighted by molar-refractivity contribution is 7.12. The van der Waals surface area contributed by atoms with Crippen LogP contribution in [0.15, 0.2) is 6.07 Å². The van der Waals surface area contributed by atoms with E-state index in [-0.39, 0.29) is 0 Å². The lowest BCUT2D eigenvalue weighted by Gasteiger charge is -2.03. The third kappa shape index (κ3) is 6.23. The van der Waals surface area contributed by atoms with E-state index >= 15 is 0 Å². The van der Waals surface area contributed by atoms with E-state index in [4.69, 9.17) is 0 Å². The maximum Gasteiger partial charge on any atom is 0.00772 e. The van der Waals surface area contributed by atoms with Crippen molar-refractivity contribution in [1.29, 1.82) is 0 Å². The molecule has 0 amide bonds. The number of thiophene rings is 1. The Morgan fingerprint density at radius 3 is 2.47 bits per heavy atom. The molecular formula is C15H27NS. The topological polar surface area (TPSA) is 12.0 Å². The van der Waals surface area contributed by atoms with Crippen LogP contribution < -0.4 is 5.32 Å². The predicted octanol–water partition coefficient (Wildman–Crippen LogP) is 4.47. The largest absolute Gasteiger partial charge is 0.317 e. The van der Waals surface area contributed by atoms with E-state index < -0.39 is 0 Å². The molecule has 1 N–H and O–H groups in total. The fourth-order valence-electron chi connectivity index (χ4n) is 2.13. The summed E-state index contributed by atoms with van der Waals surface area (Å²) >= 11 is 1.98. The van der Waals surface area contributed by atoms with Crippen LogP contribution in [0.5, 0.6) is 0 Å². The minimum atomic E-state index is 1.17. The fourth-order valence-corrected chi connectivity index (χ4v) is 3.22. The molecule has 0 atom stereocenters. The molecule has 2 heteroatoms. The van der Waals surface area contributed by atoms with Gasteiger partial charge >= 0.3 is 0 Å². The summed E-state index contributed by atoms with van der Waals surface area (Å²) in [4.78, 5) is 3.06. The van der Waals surface area contributed by atoms with Crippen LogP contribution >= 0.6 is 11.3 Å². The highest BCUT2D eigenvalue weighted by Crippen LogP contribution is 2.22. The maximum atomic E-state index is 3.46. The third-order valence-electron chi connectivity index (χ3n) is 3.08. The molecule has 0 saturated carbocycles. The number of nitrogens with one attached hydrogen (secondary N) is 1. The van der Waals surface area contributed by atoms with E-state index in [0.717, 1.165) is 0 Å². The minimum absolute atomic E-state index is 1.17. The van der Waals surface area contributed by atoms with Gasteiger partial charge in [0.25, 0.3) is 0 Å². The van der Waals surface area contributed by atoms with Gasteiger partial charge in [0.05, 0.1) is 0 Å². The Balaban J connectivity index is 1.99. The zero-order valence-corrected chi connectivity index (χ0v) is 12.5. The van der Waals surface area contributed by atoms with E-state index in [2.05, 4.69) is 32.2 Å². The van der Waals surface area contributed by atoms with Gasteiger partial charge in [-0.1, -0.05) is 19.8 Å². The molecule has 1 rings (SSSR count). The summed E-state index contributed by atoms with van der Waals surface area (Å²) in [6, 6.07) is 2.31.